The van der Waals surface area contributed by atoms with Crippen molar-refractivity contribution in [3.63, 3.8) is 0 Å². The van der Waals surface area contributed by atoms with E-state index in [4.69, 9.17) is 9.47 Å². The quantitative estimate of drug-likeness (QED) is 0.0289. The molecule has 0 spiro atoms. The molecule has 1 amide bonds. The number of aliphatic hydroxyl groups excluding tert-OH is 5. The zero-order valence-electron chi connectivity index (χ0n) is 32.6. The molecule has 0 saturated carbocycles. The third kappa shape index (κ3) is 24.6. The molecular formula is C42H79NO8. The van der Waals surface area contributed by atoms with Gasteiger partial charge in [0.25, 0.3) is 0 Å². The Morgan fingerprint density at radius 1 is 0.647 bits per heavy atom. The average molecular weight is 726 g/mol. The number of ether oxygens (including phenoxy) is 2. The molecule has 300 valence electrons. The minimum atomic E-state index is -1.57. The lowest BCUT2D eigenvalue weighted by Crippen LogP contribution is -2.60. The van der Waals surface area contributed by atoms with Crippen molar-refractivity contribution in [2.24, 2.45) is 0 Å². The van der Waals surface area contributed by atoms with E-state index in [9.17, 15) is 30.3 Å². The van der Waals surface area contributed by atoms with Crippen LogP contribution in [0.25, 0.3) is 0 Å². The number of allylic oxidation sites excluding steroid dienone is 3. The normalized spacial score (nSPS) is 22.2. The van der Waals surface area contributed by atoms with Crippen LogP contribution in [0.15, 0.2) is 24.3 Å². The van der Waals surface area contributed by atoms with Crippen LogP contribution >= 0.6 is 0 Å². The zero-order chi connectivity index (χ0) is 37.4. The van der Waals surface area contributed by atoms with Crippen molar-refractivity contribution in [1.82, 2.24) is 5.32 Å². The van der Waals surface area contributed by atoms with E-state index in [1.54, 1.807) is 6.08 Å². The van der Waals surface area contributed by atoms with E-state index >= 15 is 0 Å². The molecule has 0 aromatic heterocycles. The highest BCUT2D eigenvalue weighted by atomic mass is 16.7. The Morgan fingerprint density at radius 3 is 1.65 bits per heavy atom. The third-order valence-corrected chi connectivity index (χ3v) is 10.0. The molecule has 0 aliphatic carbocycles. The first-order valence-electron chi connectivity index (χ1n) is 21.1. The van der Waals surface area contributed by atoms with Gasteiger partial charge in [-0.1, -0.05) is 167 Å². The molecule has 0 bridgehead atoms. The summed E-state index contributed by atoms with van der Waals surface area (Å²) < 4.78 is 11.2. The van der Waals surface area contributed by atoms with Gasteiger partial charge in [-0.15, -0.1) is 0 Å². The fraction of sp³-hybridized carbons (Fsp3) is 0.881. The maximum absolute atomic E-state index is 12.9. The van der Waals surface area contributed by atoms with Crippen LogP contribution in [0, 0.1) is 0 Å². The van der Waals surface area contributed by atoms with Crippen LogP contribution in [0.5, 0.6) is 0 Å². The van der Waals surface area contributed by atoms with E-state index in [1.165, 1.54) is 122 Å². The topological polar surface area (TPSA) is 149 Å². The SMILES string of the molecule is CCCCCCCCC/C=C/CC/C=C/C(O)C(CO[C@@H]1OC(CO)[C@@H](O)C(O)C1O)NC(=O)CCCCCCCCCCCCCCCCC. The van der Waals surface area contributed by atoms with E-state index in [1.807, 2.05) is 6.08 Å². The van der Waals surface area contributed by atoms with Crippen LogP contribution in [0.2, 0.25) is 0 Å². The van der Waals surface area contributed by atoms with E-state index in [-0.39, 0.29) is 12.5 Å². The summed E-state index contributed by atoms with van der Waals surface area (Å²) in [5.74, 6) is -0.187. The molecule has 1 aliphatic heterocycles. The number of hydrogen-bond donors (Lipinski definition) is 6. The van der Waals surface area contributed by atoms with Crippen molar-refractivity contribution in [3.8, 4) is 0 Å². The number of rotatable bonds is 34. The maximum atomic E-state index is 12.9. The van der Waals surface area contributed by atoms with Gasteiger partial charge < -0.3 is 40.3 Å². The number of carbonyl (C=O) groups excluding carboxylic acids is 1. The average Bonchev–Trinajstić information content (AvgIpc) is 3.13. The summed E-state index contributed by atoms with van der Waals surface area (Å²) in [6.45, 7) is 3.73. The molecule has 7 atom stereocenters. The van der Waals surface area contributed by atoms with Crippen LogP contribution in [-0.4, -0.2) is 87.5 Å². The highest BCUT2D eigenvalue weighted by Gasteiger charge is 2.44. The van der Waals surface area contributed by atoms with Crippen molar-refractivity contribution in [3.05, 3.63) is 24.3 Å². The molecule has 1 aliphatic rings. The van der Waals surface area contributed by atoms with Crippen LogP contribution in [0.4, 0.5) is 0 Å². The summed E-state index contributed by atoms with van der Waals surface area (Å²) in [6.07, 6.45) is 30.7. The Morgan fingerprint density at radius 2 is 1.12 bits per heavy atom. The number of hydrogen-bond acceptors (Lipinski definition) is 8. The smallest absolute Gasteiger partial charge is 0.220 e. The number of aliphatic hydroxyl groups is 5. The van der Waals surface area contributed by atoms with Crippen LogP contribution in [0.1, 0.15) is 181 Å². The maximum Gasteiger partial charge on any atom is 0.220 e. The van der Waals surface area contributed by atoms with E-state index in [0.717, 1.165) is 38.5 Å². The molecule has 0 radical (unpaired) electrons. The molecule has 6 N–H and O–H groups in total. The van der Waals surface area contributed by atoms with Crippen molar-refractivity contribution in [2.45, 2.75) is 224 Å². The summed E-state index contributed by atoms with van der Waals surface area (Å²) in [4.78, 5) is 12.9. The highest BCUT2D eigenvalue weighted by Crippen LogP contribution is 2.22. The van der Waals surface area contributed by atoms with Gasteiger partial charge in [-0.3, -0.25) is 4.79 Å². The van der Waals surface area contributed by atoms with Gasteiger partial charge in [0.1, 0.15) is 24.4 Å². The Bertz CT molecular complexity index is 853. The molecule has 0 aromatic carbocycles. The Balaban J connectivity index is 2.42. The first-order chi connectivity index (χ1) is 24.8. The Labute approximate surface area is 311 Å². The van der Waals surface area contributed by atoms with Gasteiger partial charge in [0, 0.05) is 6.42 Å². The van der Waals surface area contributed by atoms with Gasteiger partial charge in [0.2, 0.25) is 5.91 Å². The van der Waals surface area contributed by atoms with Crippen molar-refractivity contribution in [2.75, 3.05) is 13.2 Å². The van der Waals surface area contributed by atoms with Gasteiger partial charge >= 0.3 is 0 Å². The van der Waals surface area contributed by atoms with Gasteiger partial charge in [-0.2, -0.15) is 0 Å². The largest absolute Gasteiger partial charge is 0.394 e. The summed E-state index contributed by atoms with van der Waals surface area (Å²) >= 11 is 0. The number of carbonyl (C=O) groups is 1. The zero-order valence-corrected chi connectivity index (χ0v) is 32.6. The summed E-state index contributed by atoms with van der Waals surface area (Å²) in [5.41, 5.74) is 0. The second kappa shape index (κ2) is 33.3. The standard InChI is InChI=1S/C42H79NO8/c1-3-5-7-9-11-13-15-17-18-20-22-24-26-28-30-32-38(46)43-35(34-50-42-41(49)40(48)39(47)37(33-44)51-42)36(45)31-29-27-25-23-21-19-16-14-12-10-8-6-4-2/h21,23,29,31,35-37,39-42,44-45,47-49H,3-20,22,24-28,30,32-34H2,1-2H3,(H,43,46)/b23-21+,31-29+/t35?,36?,37?,39-,40?,41?,42-/m1/s1. The first kappa shape index (κ1) is 47.7. The van der Waals surface area contributed by atoms with Gasteiger partial charge in [0.05, 0.1) is 25.4 Å². The van der Waals surface area contributed by atoms with Crippen LogP contribution < -0.4 is 5.32 Å². The third-order valence-electron chi connectivity index (χ3n) is 10.0. The Hall–Kier alpha value is -1.33. The predicted octanol–water partition coefficient (Wildman–Crippen LogP) is 7.94. The monoisotopic (exact) mass is 726 g/mol. The van der Waals surface area contributed by atoms with E-state index in [0.29, 0.717) is 6.42 Å². The summed E-state index contributed by atoms with van der Waals surface area (Å²) in [6, 6.07) is -0.815. The lowest BCUT2D eigenvalue weighted by Gasteiger charge is -2.40. The predicted molar refractivity (Wildman–Crippen MR) is 207 cm³/mol. The number of unbranched alkanes of at least 4 members (excludes halogenated alkanes) is 22. The highest BCUT2D eigenvalue weighted by molar-refractivity contribution is 5.76. The van der Waals surface area contributed by atoms with Crippen molar-refractivity contribution >= 4 is 5.91 Å². The second-order valence-corrected chi connectivity index (χ2v) is 14.8. The molecule has 1 heterocycles. The number of nitrogens with one attached hydrogen (secondary N) is 1. The molecule has 51 heavy (non-hydrogen) atoms. The Kier molecular flexibility index (Phi) is 31.1. The van der Waals surface area contributed by atoms with Crippen molar-refractivity contribution in [1.29, 1.82) is 0 Å². The molecule has 5 unspecified atom stereocenters. The molecule has 1 saturated heterocycles. The summed E-state index contributed by atoms with van der Waals surface area (Å²) in [5, 5.41) is 54.0. The fourth-order valence-corrected chi connectivity index (χ4v) is 6.58. The lowest BCUT2D eigenvalue weighted by atomic mass is 9.99. The second-order valence-electron chi connectivity index (χ2n) is 14.8. The van der Waals surface area contributed by atoms with E-state index in [2.05, 4.69) is 31.3 Å². The van der Waals surface area contributed by atoms with E-state index < -0.39 is 49.5 Å². The fourth-order valence-electron chi connectivity index (χ4n) is 6.58. The molecular weight excluding hydrogens is 646 g/mol. The van der Waals surface area contributed by atoms with Gasteiger partial charge in [-0.25, -0.2) is 0 Å². The lowest BCUT2D eigenvalue weighted by molar-refractivity contribution is -0.302. The molecule has 0 aromatic rings. The van der Waals surface area contributed by atoms with Crippen LogP contribution in [0.3, 0.4) is 0 Å². The molecule has 1 rings (SSSR count). The van der Waals surface area contributed by atoms with Gasteiger partial charge in [0.15, 0.2) is 6.29 Å². The first-order valence-corrected chi connectivity index (χ1v) is 21.1. The minimum Gasteiger partial charge on any atom is -0.394 e. The summed E-state index contributed by atoms with van der Waals surface area (Å²) in [7, 11) is 0. The van der Waals surface area contributed by atoms with Gasteiger partial charge in [-0.05, 0) is 32.1 Å². The van der Waals surface area contributed by atoms with Crippen LogP contribution in [-0.2, 0) is 14.3 Å². The van der Waals surface area contributed by atoms with Crippen molar-refractivity contribution < 1.29 is 39.8 Å². The molecule has 1 fully saturated rings. The molecule has 9 nitrogen and oxygen atoms in total. The number of amides is 1. The molecule has 9 heteroatoms. The minimum absolute atomic E-state index is 0.187.